The molecule has 0 aromatic heterocycles. The van der Waals surface area contributed by atoms with Gasteiger partial charge in [0.05, 0.1) is 6.10 Å². The van der Waals surface area contributed by atoms with Crippen LogP contribution in [0.15, 0.2) is 12.2 Å². The van der Waals surface area contributed by atoms with E-state index in [2.05, 4.69) is 20.4 Å². The van der Waals surface area contributed by atoms with Crippen LogP contribution in [0.1, 0.15) is 33.1 Å². The van der Waals surface area contributed by atoms with E-state index < -0.39 is 0 Å². The zero-order valence-electron chi connectivity index (χ0n) is 6.85. The average Bonchev–Trinajstić information content (AvgIpc) is 1.81. The molecular weight excluding hydrogens is 124 g/mol. The van der Waals surface area contributed by atoms with Crippen LogP contribution in [0.25, 0.3) is 0 Å². The van der Waals surface area contributed by atoms with Gasteiger partial charge in [0.15, 0.2) is 0 Å². The van der Waals surface area contributed by atoms with Gasteiger partial charge < -0.3 is 5.11 Å². The number of hydrogen-bond acceptors (Lipinski definition) is 1. The van der Waals surface area contributed by atoms with Crippen molar-refractivity contribution in [1.29, 1.82) is 0 Å². The summed E-state index contributed by atoms with van der Waals surface area (Å²) in [5, 5.41) is 9.25. The summed E-state index contributed by atoms with van der Waals surface area (Å²) >= 11 is 0. The number of rotatable bonds is 0. The van der Waals surface area contributed by atoms with Crippen LogP contribution in [0.5, 0.6) is 0 Å². The Bertz CT molecular complexity index is 147. The van der Waals surface area contributed by atoms with E-state index in [1.807, 2.05) is 0 Å². The maximum Gasteiger partial charge on any atom is 0.0577 e. The van der Waals surface area contributed by atoms with Crippen LogP contribution >= 0.6 is 0 Å². The first kappa shape index (κ1) is 7.80. The van der Waals surface area contributed by atoms with Crippen molar-refractivity contribution in [2.75, 3.05) is 0 Å². The minimum absolute atomic E-state index is 0.125. The number of hydrogen-bond donors (Lipinski definition) is 1. The van der Waals surface area contributed by atoms with Crippen molar-refractivity contribution < 1.29 is 5.11 Å². The Morgan fingerprint density at radius 1 is 1.60 bits per heavy atom. The minimum atomic E-state index is -0.125. The van der Waals surface area contributed by atoms with E-state index >= 15 is 0 Å². The van der Waals surface area contributed by atoms with Crippen molar-refractivity contribution in [3.8, 4) is 0 Å². The van der Waals surface area contributed by atoms with E-state index in [1.54, 1.807) is 0 Å². The molecule has 1 fully saturated rings. The van der Waals surface area contributed by atoms with Crippen molar-refractivity contribution in [1.82, 2.24) is 0 Å². The molecule has 0 amide bonds. The van der Waals surface area contributed by atoms with Crippen molar-refractivity contribution in [2.45, 2.75) is 39.2 Å². The predicted molar refractivity (Wildman–Crippen MR) is 42.8 cm³/mol. The van der Waals surface area contributed by atoms with Gasteiger partial charge in [0.25, 0.3) is 0 Å². The molecule has 0 aromatic carbocycles. The lowest BCUT2D eigenvalue weighted by Gasteiger charge is -2.34. The van der Waals surface area contributed by atoms with Crippen LogP contribution < -0.4 is 0 Å². The summed E-state index contributed by atoms with van der Waals surface area (Å²) < 4.78 is 0. The molecule has 0 heterocycles. The quantitative estimate of drug-likeness (QED) is 0.511. The SMILES string of the molecule is C=C1CC(O)CCC1(C)C. The summed E-state index contributed by atoms with van der Waals surface area (Å²) in [5.41, 5.74) is 1.46. The van der Waals surface area contributed by atoms with Gasteiger partial charge in [-0.15, -0.1) is 0 Å². The van der Waals surface area contributed by atoms with Crippen molar-refractivity contribution in [3.63, 3.8) is 0 Å². The van der Waals surface area contributed by atoms with Gasteiger partial charge in [0.2, 0.25) is 0 Å². The molecule has 1 aliphatic carbocycles. The van der Waals surface area contributed by atoms with Gasteiger partial charge in [-0.2, -0.15) is 0 Å². The van der Waals surface area contributed by atoms with Gasteiger partial charge in [0.1, 0.15) is 0 Å². The summed E-state index contributed by atoms with van der Waals surface area (Å²) in [5.74, 6) is 0. The van der Waals surface area contributed by atoms with Crippen molar-refractivity contribution >= 4 is 0 Å². The fraction of sp³-hybridized carbons (Fsp3) is 0.778. The number of aliphatic hydroxyl groups excluding tert-OH is 1. The molecule has 10 heavy (non-hydrogen) atoms. The van der Waals surface area contributed by atoms with Crippen LogP contribution in [0.2, 0.25) is 0 Å². The highest BCUT2D eigenvalue weighted by molar-refractivity contribution is 5.11. The smallest absolute Gasteiger partial charge is 0.0577 e. The maximum atomic E-state index is 9.25. The monoisotopic (exact) mass is 140 g/mol. The summed E-state index contributed by atoms with van der Waals surface area (Å²) in [7, 11) is 0. The number of aliphatic hydroxyl groups is 1. The largest absolute Gasteiger partial charge is 0.393 e. The third-order valence-electron chi connectivity index (χ3n) is 2.54. The van der Waals surface area contributed by atoms with Crippen molar-refractivity contribution in [2.24, 2.45) is 5.41 Å². The van der Waals surface area contributed by atoms with E-state index in [-0.39, 0.29) is 11.5 Å². The molecule has 0 aromatic rings. The molecule has 58 valence electrons. The second kappa shape index (κ2) is 2.39. The Morgan fingerprint density at radius 2 is 2.20 bits per heavy atom. The highest BCUT2D eigenvalue weighted by atomic mass is 16.3. The first-order valence-electron chi connectivity index (χ1n) is 3.89. The molecule has 1 nitrogen and oxygen atoms in total. The molecule has 1 unspecified atom stereocenters. The highest BCUT2D eigenvalue weighted by Gasteiger charge is 2.28. The zero-order chi connectivity index (χ0) is 7.78. The Labute approximate surface area is 62.8 Å². The van der Waals surface area contributed by atoms with E-state index in [9.17, 15) is 5.11 Å². The highest BCUT2D eigenvalue weighted by Crippen LogP contribution is 2.38. The van der Waals surface area contributed by atoms with E-state index in [1.165, 1.54) is 5.57 Å². The molecular formula is C9H16O. The Kier molecular flexibility index (Phi) is 1.86. The summed E-state index contributed by atoms with van der Waals surface area (Å²) in [6.45, 7) is 8.35. The molecule has 1 saturated carbocycles. The Hall–Kier alpha value is -0.300. The van der Waals surface area contributed by atoms with E-state index in [0.717, 1.165) is 19.3 Å². The third-order valence-corrected chi connectivity index (χ3v) is 2.54. The average molecular weight is 140 g/mol. The molecule has 1 aliphatic rings. The van der Waals surface area contributed by atoms with Crippen LogP contribution in [-0.2, 0) is 0 Å². The van der Waals surface area contributed by atoms with Gasteiger partial charge >= 0.3 is 0 Å². The van der Waals surface area contributed by atoms with Gasteiger partial charge in [-0.05, 0) is 24.7 Å². The summed E-state index contributed by atoms with van der Waals surface area (Å²) in [4.78, 5) is 0. The Morgan fingerprint density at radius 3 is 2.60 bits per heavy atom. The van der Waals surface area contributed by atoms with Gasteiger partial charge in [-0.25, -0.2) is 0 Å². The molecule has 0 bridgehead atoms. The van der Waals surface area contributed by atoms with Crippen LogP contribution in [-0.4, -0.2) is 11.2 Å². The van der Waals surface area contributed by atoms with Crippen LogP contribution in [0, 0.1) is 5.41 Å². The molecule has 0 aliphatic heterocycles. The second-order valence-corrected chi connectivity index (χ2v) is 3.88. The maximum absolute atomic E-state index is 9.25. The normalized spacial score (nSPS) is 32.3. The zero-order valence-corrected chi connectivity index (χ0v) is 6.85. The third kappa shape index (κ3) is 1.40. The fourth-order valence-electron chi connectivity index (χ4n) is 1.37. The molecule has 0 saturated heterocycles. The van der Waals surface area contributed by atoms with Gasteiger partial charge in [-0.3, -0.25) is 0 Å². The first-order valence-corrected chi connectivity index (χ1v) is 3.89. The van der Waals surface area contributed by atoms with E-state index in [0.29, 0.717) is 0 Å². The van der Waals surface area contributed by atoms with Crippen LogP contribution in [0.3, 0.4) is 0 Å². The molecule has 1 heteroatoms. The predicted octanol–water partition coefficient (Wildman–Crippen LogP) is 2.11. The molecule has 1 atom stereocenters. The molecule has 1 rings (SSSR count). The van der Waals surface area contributed by atoms with E-state index in [4.69, 9.17) is 0 Å². The van der Waals surface area contributed by atoms with Crippen LogP contribution in [0.4, 0.5) is 0 Å². The summed E-state index contributed by atoms with van der Waals surface area (Å²) in [6, 6.07) is 0. The molecule has 0 radical (unpaired) electrons. The van der Waals surface area contributed by atoms with Gasteiger partial charge in [-0.1, -0.05) is 26.0 Å². The topological polar surface area (TPSA) is 20.2 Å². The minimum Gasteiger partial charge on any atom is -0.393 e. The lowest BCUT2D eigenvalue weighted by Crippen LogP contribution is -2.26. The molecule has 1 N–H and O–H groups in total. The fourth-order valence-corrected chi connectivity index (χ4v) is 1.37. The lowest BCUT2D eigenvalue weighted by atomic mass is 9.73. The standard InChI is InChI=1S/C9H16O/c1-7-6-8(10)4-5-9(7,2)3/h8,10H,1,4-6H2,2-3H3. The Balaban J connectivity index is 2.61. The van der Waals surface area contributed by atoms with Gasteiger partial charge in [0, 0.05) is 0 Å². The van der Waals surface area contributed by atoms with Crippen molar-refractivity contribution in [3.05, 3.63) is 12.2 Å². The summed E-state index contributed by atoms with van der Waals surface area (Å²) in [6.07, 6.45) is 2.69. The molecule has 0 spiro atoms. The second-order valence-electron chi connectivity index (χ2n) is 3.88. The first-order chi connectivity index (χ1) is 4.52. The lowest BCUT2D eigenvalue weighted by molar-refractivity contribution is 0.117.